The van der Waals surface area contributed by atoms with Crippen molar-refractivity contribution in [3.05, 3.63) is 28.3 Å². The molecule has 0 spiro atoms. The van der Waals surface area contributed by atoms with E-state index in [1.165, 1.54) is 18.9 Å². The zero-order chi connectivity index (χ0) is 15.3. The van der Waals surface area contributed by atoms with Crippen molar-refractivity contribution in [1.82, 2.24) is 4.72 Å². The number of aliphatic hydroxyl groups is 1. The average Bonchev–Trinajstić information content (AvgIpc) is 3.30. The van der Waals surface area contributed by atoms with Crippen molar-refractivity contribution < 1.29 is 13.5 Å². The van der Waals surface area contributed by atoms with Gasteiger partial charge in [0.2, 0.25) is 10.0 Å². The molecular weight excluding hydrogens is 310 g/mol. The van der Waals surface area contributed by atoms with E-state index >= 15 is 0 Å². The number of aliphatic hydroxyl groups excluding tert-OH is 1. The summed E-state index contributed by atoms with van der Waals surface area (Å²) >= 11 is 5.97. The van der Waals surface area contributed by atoms with Crippen LogP contribution < -0.4 is 4.72 Å². The van der Waals surface area contributed by atoms with Crippen LogP contribution in [-0.4, -0.2) is 20.1 Å². The summed E-state index contributed by atoms with van der Waals surface area (Å²) in [6, 6.07) is 3.05. The highest BCUT2D eigenvalue weighted by Crippen LogP contribution is 2.60. The summed E-state index contributed by atoms with van der Waals surface area (Å²) in [5, 5.41) is 9.64. The van der Waals surface area contributed by atoms with Crippen molar-refractivity contribution in [2.45, 2.75) is 44.1 Å². The molecule has 0 bridgehead atoms. The van der Waals surface area contributed by atoms with Gasteiger partial charge in [0, 0.05) is 11.6 Å². The quantitative estimate of drug-likeness (QED) is 0.843. The van der Waals surface area contributed by atoms with Gasteiger partial charge in [-0.1, -0.05) is 11.6 Å². The van der Waals surface area contributed by atoms with Crippen LogP contribution in [0, 0.1) is 18.3 Å². The molecule has 2 fully saturated rings. The maximum absolute atomic E-state index is 12.5. The SMILES string of the molecule is Cc1c(CO)cc(Cl)cc1S(=O)(=O)NCC1(C2CC2)CC1. The van der Waals surface area contributed by atoms with E-state index in [0.717, 1.165) is 12.8 Å². The third-order valence-corrected chi connectivity index (χ3v) is 6.59. The smallest absolute Gasteiger partial charge is 0.240 e. The number of rotatable bonds is 6. The lowest BCUT2D eigenvalue weighted by Gasteiger charge is -2.17. The van der Waals surface area contributed by atoms with E-state index in [1.807, 2.05) is 0 Å². The normalized spacial score (nSPS) is 20.5. The Labute approximate surface area is 130 Å². The maximum Gasteiger partial charge on any atom is 0.240 e. The number of benzene rings is 1. The fourth-order valence-electron chi connectivity index (χ4n) is 3.05. The fraction of sp³-hybridized carbons (Fsp3) is 0.600. The summed E-state index contributed by atoms with van der Waals surface area (Å²) in [6.45, 7) is 1.99. The number of halogens is 1. The van der Waals surface area contributed by atoms with Gasteiger partial charge in [0.1, 0.15) is 0 Å². The lowest BCUT2D eigenvalue weighted by molar-refractivity contribution is 0.280. The zero-order valence-electron chi connectivity index (χ0n) is 12.0. The standard InChI is InChI=1S/C15H20ClNO3S/c1-10-11(8-18)6-13(16)7-14(10)21(19,20)17-9-15(4-5-15)12-2-3-12/h6-7,12,17-18H,2-5,8-9H2,1H3. The van der Waals surface area contributed by atoms with E-state index in [9.17, 15) is 13.5 Å². The van der Waals surface area contributed by atoms with Gasteiger partial charge in [0.25, 0.3) is 0 Å². The van der Waals surface area contributed by atoms with Crippen LogP contribution in [0.3, 0.4) is 0 Å². The lowest BCUT2D eigenvalue weighted by Crippen LogP contribution is -2.31. The van der Waals surface area contributed by atoms with E-state index in [1.54, 1.807) is 13.0 Å². The first-order valence-electron chi connectivity index (χ1n) is 7.27. The van der Waals surface area contributed by atoms with Gasteiger partial charge in [-0.25, -0.2) is 13.1 Å². The van der Waals surface area contributed by atoms with Crippen LogP contribution in [-0.2, 0) is 16.6 Å². The van der Waals surface area contributed by atoms with Crippen LogP contribution in [0.25, 0.3) is 0 Å². The molecule has 0 atom stereocenters. The molecule has 0 aliphatic heterocycles. The molecule has 0 radical (unpaired) electrons. The largest absolute Gasteiger partial charge is 0.392 e. The Balaban J connectivity index is 1.83. The van der Waals surface area contributed by atoms with Crippen molar-refractivity contribution in [1.29, 1.82) is 0 Å². The minimum atomic E-state index is -3.59. The molecule has 0 saturated heterocycles. The molecule has 0 unspecified atom stereocenters. The van der Waals surface area contributed by atoms with Crippen LogP contribution in [0.2, 0.25) is 5.02 Å². The Morgan fingerprint density at radius 1 is 1.38 bits per heavy atom. The highest BCUT2D eigenvalue weighted by Gasteiger charge is 2.53. The van der Waals surface area contributed by atoms with Gasteiger partial charge in [0.05, 0.1) is 11.5 Å². The molecule has 21 heavy (non-hydrogen) atoms. The van der Waals surface area contributed by atoms with Crippen LogP contribution in [0.15, 0.2) is 17.0 Å². The Morgan fingerprint density at radius 3 is 2.57 bits per heavy atom. The van der Waals surface area contributed by atoms with Gasteiger partial charge < -0.3 is 5.11 Å². The molecule has 4 nitrogen and oxygen atoms in total. The molecule has 0 aromatic heterocycles. The Hall–Kier alpha value is -0.620. The molecule has 0 heterocycles. The third kappa shape index (κ3) is 2.97. The summed E-state index contributed by atoms with van der Waals surface area (Å²) in [7, 11) is -3.59. The molecule has 0 amide bonds. The van der Waals surface area contributed by atoms with Crippen LogP contribution in [0.5, 0.6) is 0 Å². The van der Waals surface area contributed by atoms with Crippen molar-refractivity contribution in [3.63, 3.8) is 0 Å². The third-order valence-electron chi connectivity index (χ3n) is 4.84. The van der Waals surface area contributed by atoms with E-state index in [-0.39, 0.29) is 16.9 Å². The number of hydrogen-bond donors (Lipinski definition) is 2. The summed E-state index contributed by atoms with van der Waals surface area (Å²) in [5.74, 6) is 0.702. The minimum Gasteiger partial charge on any atom is -0.392 e. The Morgan fingerprint density at radius 2 is 2.05 bits per heavy atom. The number of hydrogen-bond acceptors (Lipinski definition) is 3. The number of nitrogens with one attached hydrogen (secondary N) is 1. The zero-order valence-corrected chi connectivity index (χ0v) is 13.6. The molecule has 2 N–H and O–H groups in total. The molecular formula is C15H20ClNO3S. The summed E-state index contributed by atoms with van der Waals surface area (Å²) in [6.07, 6.45) is 4.70. The van der Waals surface area contributed by atoms with Gasteiger partial charge in [0.15, 0.2) is 0 Å². The molecule has 1 aromatic rings. The summed E-state index contributed by atoms with van der Waals surface area (Å²) < 4.78 is 27.8. The lowest BCUT2D eigenvalue weighted by atomic mass is 10.0. The first-order chi connectivity index (χ1) is 9.88. The van der Waals surface area contributed by atoms with E-state index in [4.69, 9.17) is 11.6 Å². The van der Waals surface area contributed by atoms with Gasteiger partial charge >= 0.3 is 0 Å². The van der Waals surface area contributed by atoms with Crippen molar-refractivity contribution in [2.75, 3.05) is 6.54 Å². The summed E-state index contributed by atoms with van der Waals surface area (Å²) in [5.41, 5.74) is 1.32. The molecule has 116 valence electrons. The van der Waals surface area contributed by atoms with Gasteiger partial charge in [-0.15, -0.1) is 0 Å². The predicted molar refractivity (Wildman–Crippen MR) is 81.7 cm³/mol. The second-order valence-corrected chi connectivity index (χ2v) is 8.48. The van der Waals surface area contributed by atoms with E-state index in [0.29, 0.717) is 28.6 Å². The molecule has 6 heteroatoms. The first kappa shape index (κ1) is 15.3. The topological polar surface area (TPSA) is 66.4 Å². The molecule has 3 rings (SSSR count). The van der Waals surface area contributed by atoms with Crippen molar-refractivity contribution in [2.24, 2.45) is 11.3 Å². The monoisotopic (exact) mass is 329 g/mol. The predicted octanol–water partition coefficient (Wildman–Crippen LogP) is 2.61. The summed E-state index contributed by atoms with van der Waals surface area (Å²) in [4.78, 5) is 0.172. The van der Waals surface area contributed by atoms with Gasteiger partial charge in [-0.05, 0) is 67.2 Å². The van der Waals surface area contributed by atoms with Crippen LogP contribution in [0.4, 0.5) is 0 Å². The highest BCUT2D eigenvalue weighted by molar-refractivity contribution is 7.89. The van der Waals surface area contributed by atoms with Crippen molar-refractivity contribution in [3.8, 4) is 0 Å². The van der Waals surface area contributed by atoms with Gasteiger partial charge in [-0.3, -0.25) is 0 Å². The second kappa shape index (κ2) is 5.23. The van der Waals surface area contributed by atoms with E-state index < -0.39 is 10.0 Å². The van der Waals surface area contributed by atoms with Crippen LogP contribution in [0.1, 0.15) is 36.8 Å². The van der Waals surface area contributed by atoms with Crippen molar-refractivity contribution >= 4 is 21.6 Å². The molecule has 2 saturated carbocycles. The van der Waals surface area contributed by atoms with Crippen LogP contribution >= 0.6 is 11.6 Å². The molecule has 2 aliphatic carbocycles. The Kier molecular flexibility index (Phi) is 3.81. The van der Waals surface area contributed by atoms with Gasteiger partial charge in [-0.2, -0.15) is 0 Å². The second-order valence-electron chi connectivity index (χ2n) is 6.31. The van der Waals surface area contributed by atoms with E-state index in [2.05, 4.69) is 4.72 Å². The molecule has 1 aromatic carbocycles. The Bertz CT molecular complexity index is 664. The highest BCUT2D eigenvalue weighted by atomic mass is 35.5. The molecule has 2 aliphatic rings. The average molecular weight is 330 g/mol. The maximum atomic E-state index is 12.5. The first-order valence-corrected chi connectivity index (χ1v) is 9.14. The number of sulfonamides is 1. The fourth-order valence-corrected chi connectivity index (χ4v) is 4.81. The minimum absolute atomic E-state index is 0.172.